The highest BCUT2D eigenvalue weighted by Crippen LogP contribution is 2.30. The van der Waals surface area contributed by atoms with Crippen molar-refractivity contribution < 1.29 is 14.7 Å². The maximum Gasteiger partial charge on any atom is 0.323 e. The Morgan fingerprint density at radius 3 is 2.50 bits per heavy atom. The summed E-state index contributed by atoms with van der Waals surface area (Å²) in [5.74, 6) is -0.738. The molecule has 0 unspecified atom stereocenters. The molecule has 6 heteroatoms. The Hall–Kier alpha value is -1.26. The summed E-state index contributed by atoms with van der Waals surface area (Å²) in [5.41, 5.74) is 0.732. The van der Waals surface area contributed by atoms with Crippen LogP contribution in [0.15, 0.2) is 18.2 Å². The maximum atomic E-state index is 12.2. The van der Waals surface area contributed by atoms with Gasteiger partial charge >= 0.3 is 5.97 Å². The number of hydrogen-bond acceptors (Lipinski definition) is 2. The Balaban J connectivity index is 2.02. The van der Waals surface area contributed by atoms with Crippen LogP contribution in [0, 0.1) is 5.92 Å². The lowest BCUT2D eigenvalue weighted by molar-refractivity contribution is -0.144. The van der Waals surface area contributed by atoms with Gasteiger partial charge in [0.1, 0.15) is 6.54 Å². The zero-order chi connectivity index (χ0) is 14.7. The molecule has 1 aliphatic carbocycles. The smallest absolute Gasteiger partial charge is 0.323 e. The average Bonchev–Trinajstić information content (AvgIpc) is 3.16. The van der Waals surface area contributed by atoms with Gasteiger partial charge in [-0.25, -0.2) is 0 Å². The third-order valence-corrected chi connectivity index (χ3v) is 3.93. The van der Waals surface area contributed by atoms with Gasteiger partial charge in [0.2, 0.25) is 5.91 Å². The molecule has 0 heterocycles. The number of nitrogens with zero attached hydrogens (tertiary/aromatic N) is 1. The molecule has 1 N–H and O–H groups in total. The Labute approximate surface area is 127 Å². The largest absolute Gasteiger partial charge is 0.480 e. The first-order valence-corrected chi connectivity index (χ1v) is 7.15. The van der Waals surface area contributed by atoms with Crippen LogP contribution in [0.25, 0.3) is 0 Å². The van der Waals surface area contributed by atoms with E-state index >= 15 is 0 Å². The van der Waals surface area contributed by atoms with Crippen molar-refractivity contribution >= 4 is 35.1 Å². The van der Waals surface area contributed by atoms with E-state index in [-0.39, 0.29) is 18.9 Å². The van der Waals surface area contributed by atoms with Gasteiger partial charge in [-0.1, -0.05) is 29.3 Å². The third-order valence-electron chi connectivity index (χ3n) is 3.19. The fourth-order valence-corrected chi connectivity index (χ4v) is 2.29. The van der Waals surface area contributed by atoms with Crippen molar-refractivity contribution in [2.24, 2.45) is 5.92 Å². The van der Waals surface area contributed by atoms with Gasteiger partial charge in [0.25, 0.3) is 0 Å². The van der Waals surface area contributed by atoms with Gasteiger partial charge in [-0.05, 0) is 36.5 Å². The lowest BCUT2D eigenvalue weighted by Crippen LogP contribution is -2.38. The normalized spacial score (nSPS) is 14.1. The van der Waals surface area contributed by atoms with E-state index in [1.165, 1.54) is 4.90 Å². The summed E-state index contributed by atoms with van der Waals surface area (Å²) in [7, 11) is 0. The van der Waals surface area contributed by atoms with Crippen LogP contribution in [0.5, 0.6) is 0 Å². The Kier molecular flexibility index (Phi) is 4.89. The fourth-order valence-electron chi connectivity index (χ4n) is 1.97. The van der Waals surface area contributed by atoms with E-state index in [0.717, 1.165) is 18.4 Å². The number of rotatable bonds is 6. The number of carbonyl (C=O) groups excluding carboxylic acids is 1. The maximum absolute atomic E-state index is 12.2. The van der Waals surface area contributed by atoms with Crippen LogP contribution >= 0.6 is 23.2 Å². The summed E-state index contributed by atoms with van der Waals surface area (Å²) in [6, 6.07) is 5.00. The van der Waals surface area contributed by atoms with E-state index < -0.39 is 5.97 Å². The van der Waals surface area contributed by atoms with Gasteiger partial charge in [-0.3, -0.25) is 9.59 Å². The molecule has 0 bridgehead atoms. The molecule has 108 valence electrons. The molecule has 0 radical (unpaired) electrons. The van der Waals surface area contributed by atoms with Crippen LogP contribution in [0.2, 0.25) is 10.0 Å². The van der Waals surface area contributed by atoms with Crippen molar-refractivity contribution in [3.63, 3.8) is 0 Å². The van der Waals surface area contributed by atoms with Gasteiger partial charge in [-0.15, -0.1) is 0 Å². The van der Waals surface area contributed by atoms with Crippen molar-refractivity contribution in [1.29, 1.82) is 0 Å². The van der Waals surface area contributed by atoms with Crippen molar-refractivity contribution in [2.45, 2.75) is 19.3 Å². The lowest BCUT2D eigenvalue weighted by Gasteiger charge is -2.20. The predicted octanol–water partition coefficient (Wildman–Crippen LogP) is 2.86. The summed E-state index contributed by atoms with van der Waals surface area (Å²) < 4.78 is 0. The Bertz CT molecular complexity index is 529. The molecule has 1 amide bonds. The van der Waals surface area contributed by atoms with E-state index in [4.69, 9.17) is 28.3 Å². The van der Waals surface area contributed by atoms with E-state index in [1.54, 1.807) is 18.2 Å². The molecule has 4 nitrogen and oxygen atoms in total. The van der Waals surface area contributed by atoms with Crippen LogP contribution in [0.4, 0.5) is 0 Å². The second-order valence-corrected chi connectivity index (χ2v) is 5.85. The van der Waals surface area contributed by atoms with Crippen LogP contribution in [-0.4, -0.2) is 35.0 Å². The highest BCUT2D eigenvalue weighted by Gasteiger charge is 2.27. The lowest BCUT2D eigenvalue weighted by atomic mass is 10.1. The first-order valence-electron chi connectivity index (χ1n) is 6.39. The van der Waals surface area contributed by atoms with Crippen molar-refractivity contribution in [3.05, 3.63) is 33.8 Å². The molecular weight excluding hydrogens is 301 g/mol. The van der Waals surface area contributed by atoms with Gasteiger partial charge in [-0.2, -0.15) is 0 Å². The molecule has 1 fully saturated rings. The zero-order valence-electron chi connectivity index (χ0n) is 10.8. The number of benzene rings is 1. The van der Waals surface area contributed by atoms with Crippen LogP contribution in [0.1, 0.15) is 18.4 Å². The van der Waals surface area contributed by atoms with Crippen LogP contribution in [0.3, 0.4) is 0 Å². The van der Waals surface area contributed by atoms with Crippen LogP contribution in [-0.2, 0) is 16.0 Å². The van der Waals surface area contributed by atoms with Gasteiger partial charge < -0.3 is 10.0 Å². The molecule has 1 saturated carbocycles. The number of amides is 1. The number of halogens is 2. The highest BCUT2D eigenvalue weighted by molar-refractivity contribution is 6.42. The fraction of sp³-hybridized carbons (Fsp3) is 0.429. The molecule has 0 saturated heterocycles. The van der Waals surface area contributed by atoms with E-state index in [1.807, 2.05) is 0 Å². The zero-order valence-corrected chi connectivity index (χ0v) is 12.3. The molecule has 1 aromatic carbocycles. The number of aliphatic carboxylic acids is 1. The summed E-state index contributed by atoms with van der Waals surface area (Å²) in [4.78, 5) is 24.4. The summed E-state index contributed by atoms with van der Waals surface area (Å²) in [6.45, 7) is 0.267. The summed E-state index contributed by atoms with van der Waals surface area (Å²) in [6.07, 6.45) is 2.27. The van der Waals surface area contributed by atoms with Crippen molar-refractivity contribution in [1.82, 2.24) is 4.90 Å². The first kappa shape index (κ1) is 15.1. The summed E-state index contributed by atoms with van der Waals surface area (Å²) in [5, 5.41) is 9.71. The monoisotopic (exact) mass is 315 g/mol. The molecule has 20 heavy (non-hydrogen) atoms. The molecule has 1 aliphatic rings. The SMILES string of the molecule is O=C(O)CN(CC1CC1)C(=O)Cc1ccc(Cl)c(Cl)c1. The van der Waals surface area contributed by atoms with Gasteiger partial charge in [0.15, 0.2) is 0 Å². The number of carboxylic acid groups (broad SMARTS) is 1. The minimum absolute atomic E-state index is 0.136. The molecule has 0 aliphatic heterocycles. The number of hydrogen-bond donors (Lipinski definition) is 1. The molecule has 2 rings (SSSR count). The molecule has 0 aromatic heterocycles. The Morgan fingerprint density at radius 1 is 1.25 bits per heavy atom. The standard InChI is InChI=1S/C14H15Cl2NO3/c15-11-4-3-10(5-12(11)16)6-13(18)17(8-14(19)20)7-9-1-2-9/h3-5,9H,1-2,6-8H2,(H,19,20). The van der Waals surface area contributed by atoms with Crippen molar-refractivity contribution in [2.75, 3.05) is 13.1 Å². The number of carboxylic acids is 1. The third kappa shape index (κ3) is 4.39. The van der Waals surface area contributed by atoms with Gasteiger partial charge in [0.05, 0.1) is 16.5 Å². The second kappa shape index (κ2) is 6.46. The van der Waals surface area contributed by atoms with E-state index in [2.05, 4.69) is 0 Å². The second-order valence-electron chi connectivity index (χ2n) is 5.04. The highest BCUT2D eigenvalue weighted by atomic mass is 35.5. The quantitative estimate of drug-likeness (QED) is 0.878. The number of carbonyl (C=O) groups is 2. The average molecular weight is 316 g/mol. The Morgan fingerprint density at radius 2 is 1.95 bits per heavy atom. The van der Waals surface area contributed by atoms with Crippen LogP contribution < -0.4 is 0 Å². The summed E-state index contributed by atoms with van der Waals surface area (Å²) >= 11 is 11.7. The minimum Gasteiger partial charge on any atom is -0.480 e. The van der Waals surface area contributed by atoms with E-state index in [9.17, 15) is 9.59 Å². The predicted molar refractivity (Wildman–Crippen MR) is 77.1 cm³/mol. The minimum atomic E-state index is -0.992. The van der Waals surface area contributed by atoms with E-state index in [0.29, 0.717) is 22.5 Å². The topological polar surface area (TPSA) is 57.6 Å². The molecule has 0 spiro atoms. The molecular formula is C14H15Cl2NO3. The van der Waals surface area contributed by atoms with Crippen molar-refractivity contribution in [3.8, 4) is 0 Å². The molecule has 0 atom stereocenters. The first-order chi connectivity index (χ1) is 9.45. The van der Waals surface area contributed by atoms with Gasteiger partial charge in [0, 0.05) is 6.54 Å². The molecule has 1 aromatic rings.